The van der Waals surface area contributed by atoms with Gasteiger partial charge in [0.05, 0.1) is 11.5 Å². The van der Waals surface area contributed by atoms with E-state index in [2.05, 4.69) is 5.32 Å². The summed E-state index contributed by atoms with van der Waals surface area (Å²) in [6, 6.07) is 7.06. The monoisotopic (exact) mass is 386 g/mol. The predicted molar refractivity (Wildman–Crippen MR) is 97.2 cm³/mol. The van der Waals surface area contributed by atoms with E-state index in [1.165, 1.54) is 4.90 Å². The summed E-state index contributed by atoms with van der Waals surface area (Å²) in [5.74, 6) is -0.591. The van der Waals surface area contributed by atoms with Crippen LogP contribution < -0.4 is 5.32 Å². The van der Waals surface area contributed by atoms with Crippen molar-refractivity contribution >= 4 is 33.3 Å². The maximum atomic E-state index is 12.3. The minimum Gasteiger partial charge on any atom is -0.355 e. The number of nitrogens with zero attached hydrogens (tertiary/aromatic N) is 1. The fourth-order valence-corrected chi connectivity index (χ4v) is 4.94. The molecule has 1 aromatic rings. The molecule has 0 aromatic heterocycles. The molecule has 1 unspecified atom stereocenters. The summed E-state index contributed by atoms with van der Waals surface area (Å²) >= 11 is 5.91. The van der Waals surface area contributed by atoms with Crippen molar-refractivity contribution in [3.63, 3.8) is 0 Å². The van der Waals surface area contributed by atoms with E-state index >= 15 is 0 Å². The molecule has 6 nitrogen and oxygen atoms in total. The Bertz CT molecular complexity index is 736. The number of rotatable bonds is 7. The molecule has 138 valence electrons. The lowest BCUT2D eigenvalue weighted by molar-refractivity contribution is -0.137. The summed E-state index contributed by atoms with van der Waals surface area (Å²) in [6.07, 6.45) is 0.803. The Morgan fingerprint density at radius 1 is 1.36 bits per heavy atom. The molecule has 0 aliphatic carbocycles. The zero-order valence-corrected chi connectivity index (χ0v) is 15.8. The quantitative estimate of drug-likeness (QED) is 0.718. The second-order valence-corrected chi connectivity index (χ2v) is 8.81. The molecule has 0 bridgehead atoms. The van der Waals surface area contributed by atoms with Gasteiger partial charge in [-0.1, -0.05) is 23.7 Å². The van der Waals surface area contributed by atoms with Crippen molar-refractivity contribution in [3.05, 3.63) is 34.9 Å². The first-order valence-electron chi connectivity index (χ1n) is 8.32. The van der Waals surface area contributed by atoms with Gasteiger partial charge < -0.3 is 10.2 Å². The van der Waals surface area contributed by atoms with Crippen LogP contribution in [0.15, 0.2) is 24.3 Å². The largest absolute Gasteiger partial charge is 0.355 e. The van der Waals surface area contributed by atoms with Crippen LogP contribution in [0.1, 0.15) is 25.3 Å². The minimum atomic E-state index is -3.07. The van der Waals surface area contributed by atoms with Crippen molar-refractivity contribution in [1.29, 1.82) is 0 Å². The third-order valence-corrected chi connectivity index (χ3v) is 6.23. The molecule has 2 amide bonds. The number of hydrogen-bond acceptors (Lipinski definition) is 4. The molecule has 1 saturated heterocycles. The van der Waals surface area contributed by atoms with Crippen LogP contribution in [-0.2, 0) is 25.8 Å². The molecular weight excluding hydrogens is 364 g/mol. The number of sulfone groups is 1. The Hall–Kier alpha value is -1.60. The SMILES string of the molecule is CCN(C(=O)CC(=O)NCCc1cccc(Cl)c1)C1CCS(=O)(=O)C1. The van der Waals surface area contributed by atoms with Crippen LogP contribution in [0.3, 0.4) is 0 Å². The van der Waals surface area contributed by atoms with E-state index in [-0.39, 0.29) is 35.8 Å². The van der Waals surface area contributed by atoms with Crippen LogP contribution in [0, 0.1) is 0 Å². The Labute approximate surface area is 153 Å². The number of carbonyl (C=O) groups excluding carboxylic acids is 2. The Morgan fingerprint density at radius 3 is 2.72 bits per heavy atom. The summed E-state index contributed by atoms with van der Waals surface area (Å²) in [5, 5.41) is 3.36. The fraction of sp³-hybridized carbons (Fsp3) is 0.529. The van der Waals surface area contributed by atoms with Gasteiger partial charge in [-0.25, -0.2) is 8.42 Å². The van der Waals surface area contributed by atoms with Gasteiger partial charge in [-0.05, 0) is 37.5 Å². The van der Waals surface area contributed by atoms with Crippen molar-refractivity contribution in [1.82, 2.24) is 10.2 Å². The maximum absolute atomic E-state index is 12.3. The molecule has 0 radical (unpaired) electrons. The zero-order chi connectivity index (χ0) is 18.4. The Kier molecular flexibility index (Phi) is 6.84. The van der Waals surface area contributed by atoms with Crippen LogP contribution in [0.2, 0.25) is 5.02 Å². The highest BCUT2D eigenvalue weighted by Crippen LogP contribution is 2.18. The number of amides is 2. The number of nitrogens with one attached hydrogen (secondary N) is 1. The van der Waals surface area contributed by atoms with Gasteiger partial charge >= 0.3 is 0 Å². The maximum Gasteiger partial charge on any atom is 0.232 e. The molecular formula is C17H23ClN2O4S. The van der Waals surface area contributed by atoms with Gasteiger partial charge in [0.1, 0.15) is 6.42 Å². The van der Waals surface area contributed by atoms with Gasteiger partial charge in [0.15, 0.2) is 9.84 Å². The summed E-state index contributed by atoms with van der Waals surface area (Å²) in [7, 11) is -3.07. The van der Waals surface area contributed by atoms with E-state index in [9.17, 15) is 18.0 Å². The van der Waals surface area contributed by atoms with E-state index in [4.69, 9.17) is 11.6 Å². The molecule has 2 rings (SSSR count). The minimum absolute atomic E-state index is 0.0109. The molecule has 0 saturated carbocycles. The van der Waals surface area contributed by atoms with Gasteiger partial charge in [0.25, 0.3) is 0 Å². The number of carbonyl (C=O) groups is 2. The van der Waals surface area contributed by atoms with Crippen molar-refractivity contribution in [3.8, 4) is 0 Å². The molecule has 8 heteroatoms. The average molecular weight is 387 g/mol. The zero-order valence-electron chi connectivity index (χ0n) is 14.2. The second kappa shape index (κ2) is 8.67. The van der Waals surface area contributed by atoms with E-state index in [1.54, 1.807) is 13.0 Å². The standard InChI is InChI=1S/C17H23ClN2O4S/c1-2-20(15-7-9-25(23,24)12-15)17(22)11-16(21)19-8-6-13-4-3-5-14(18)10-13/h3-5,10,15H,2,6-9,11-12H2,1H3,(H,19,21). The first kappa shape index (κ1) is 19.7. The highest BCUT2D eigenvalue weighted by molar-refractivity contribution is 7.91. The van der Waals surface area contributed by atoms with Crippen LogP contribution in [-0.4, -0.2) is 55.8 Å². The molecule has 1 heterocycles. The fourth-order valence-electron chi connectivity index (χ4n) is 3.00. The van der Waals surface area contributed by atoms with Crippen LogP contribution in [0.5, 0.6) is 0 Å². The molecule has 0 spiro atoms. The van der Waals surface area contributed by atoms with E-state index in [1.807, 2.05) is 18.2 Å². The van der Waals surface area contributed by atoms with Gasteiger partial charge in [-0.15, -0.1) is 0 Å². The molecule has 1 aliphatic rings. The first-order valence-corrected chi connectivity index (χ1v) is 10.5. The molecule has 1 N–H and O–H groups in total. The summed E-state index contributed by atoms with van der Waals surface area (Å²) < 4.78 is 23.2. The summed E-state index contributed by atoms with van der Waals surface area (Å²) in [5.41, 5.74) is 1.01. The van der Waals surface area contributed by atoms with E-state index in [0.717, 1.165) is 5.56 Å². The highest BCUT2D eigenvalue weighted by atomic mass is 35.5. The first-order chi connectivity index (χ1) is 11.8. The number of hydrogen-bond donors (Lipinski definition) is 1. The van der Waals surface area contributed by atoms with Crippen molar-refractivity contribution < 1.29 is 18.0 Å². The number of benzene rings is 1. The topological polar surface area (TPSA) is 83.6 Å². The van der Waals surface area contributed by atoms with Gasteiger partial charge in [0, 0.05) is 24.2 Å². The smallest absolute Gasteiger partial charge is 0.232 e. The lowest BCUT2D eigenvalue weighted by Crippen LogP contribution is -2.43. The molecule has 1 atom stereocenters. The molecule has 1 fully saturated rings. The molecule has 25 heavy (non-hydrogen) atoms. The van der Waals surface area contributed by atoms with Crippen molar-refractivity contribution in [2.24, 2.45) is 0 Å². The van der Waals surface area contributed by atoms with Gasteiger partial charge in [-0.3, -0.25) is 9.59 Å². The Balaban J connectivity index is 1.79. The van der Waals surface area contributed by atoms with E-state index < -0.39 is 9.84 Å². The number of halogens is 1. The second-order valence-electron chi connectivity index (χ2n) is 6.14. The Morgan fingerprint density at radius 2 is 2.12 bits per heavy atom. The molecule has 1 aliphatic heterocycles. The third-order valence-electron chi connectivity index (χ3n) is 4.25. The van der Waals surface area contributed by atoms with Crippen molar-refractivity contribution in [2.75, 3.05) is 24.6 Å². The normalized spacial score (nSPS) is 18.7. The van der Waals surface area contributed by atoms with E-state index in [0.29, 0.717) is 31.0 Å². The van der Waals surface area contributed by atoms with Crippen LogP contribution in [0.4, 0.5) is 0 Å². The van der Waals surface area contributed by atoms with Crippen LogP contribution in [0.25, 0.3) is 0 Å². The molecule has 1 aromatic carbocycles. The summed E-state index contributed by atoms with van der Waals surface area (Å²) in [4.78, 5) is 25.8. The lowest BCUT2D eigenvalue weighted by Gasteiger charge is -2.26. The lowest BCUT2D eigenvalue weighted by atomic mass is 10.1. The highest BCUT2D eigenvalue weighted by Gasteiger charge is 2.34. The van der Waals surface area contributed by atoms with Crippen molar-refractivity contribution in [2.45, 2.75) is 32.2 Å². The average Bonchev–Trinajstić information content (AvgIpc) is 2.88. The van der Waals surface area contributed by atoms with Crippen LogP contribution >= 0.6 is 11.6 Å². The van der Waals surface area contributed by atoms with Gasteiger partial charge in [0.2, 0.25) is 11.8 Å². The summed E-state index contributed by atoms with van der Waals surface area (Å²) in [6.45, 7) is 2.60. The predicted octanol–water partition coefficient (Wildman–Crippen LogP) is 1.42. The third kappa shape index (κ3) is 6.01. The van der Waals surface area contributed by atoms with Gasteiger partial charge in [-0.2, -0.15) is 0 Å².